The van der Waals surface area contributed by atoms with Gasteiger partial charge in [0.1, 0.15) is 0 Å². The van der Waals surface area contributed by atoms with Gasteiger partial charge in [-0.25, -0.2) is 4.79 Å². The standard InChI is InChI=1S/C11H16N2O3/c1-7(14)6-13(2)10-8(11(15)16)4-3-5-9(10)12/h3-5,7,14H,6,12H2,1-2H3,(H,15,16). The summed E-state index contributed by atoms with van der Waals surface area (Å²) in [6.45, 7) is 1.96. The van der Waals surface area contributed by atoms with Crippen LogP contribution in [0.25, 0.3) is 0 Å². The maximum atomic E-state index is 11.0. The molecule has 0 radical (unpaired) electrons. The van der Waals surface area contributed by atoms with Crippen LogP contribution in [0.4, 0.5) is 11.4 Å². The number of nitrogen functional groups attached to an aromatic ring is 1. The number of carbonyl (C=O) groups is 1. The molecule has 16 heavy (non-hydrogen) atoms. The number of nitrogens with two attached hydrogens (primary N) is 1. The lowest BCUT2D eigenvalue weighted by molar-refractivity contribution is 0.0697. The number of nitrogens with zero attached hydrogens (tertiary/aromatic N) is 1. The Morgan fingerprint density at radius 1 is 1.56 bits per heavy atom. The molecule has 0 aliphatic heterocycles. The molecule has 1 rings (SSSR count). The number of hydrogen-bond acceptors (Lipinski definition) is 4. The molecule has 0 aliphatic rings. The van der Waals surface area contributed by atoms with E-state index in [9.17, 15) is 9.90 Å². The van der Waals surface area contributed by atoms with Gasteiger partial charge in [-0.2, -0.15) is 0 Å². The predicted octanol–water partition coefficient (Wildman–Crippen LogP) is 0.784. The van der Waals surface area contributed by atoms with Crippen LogP contribution < -0.4 is 10.6 Å². The Balaban J connectivity index is 3.14. The van der Waals surface area contributed by atoms with Crippen LogP contribution in [-0.4, -0.2) is 35.9 Å². The van der Waals surface area contributed by atoms with Gasteiger partial charge in [-0.3, -0.25) is 0 Å². The molecule has 0 heterocycles. The average Bonchev–Trinajstić information content (AvgIpc) is 2.15. The molecule has 0 aliphatic carbocycles. The molecule has 0 spiro atoms. The summed E-state index contributed by atoms with van der Waals surface area (Å²) in [7, 11) is 1.70. The van der Waals surface area contributed by atoms with Crippen molar-refractivity contribution < 1.29 is 15.0 Å². The highest BCUT2D eigenvalue weighted by molar-refractivity contribution is 5.97. The van der Waals surface area contributed by atoms with Crippen molar-refractivity contribution in [2.24, 2.45) is 0 Å². The van der Waals surface area contributed by atoms with E-state index >= 15 is 0 Å². The monoisotopic (exact) mass is 224 g/mol. The zero-order valence-electron chi connectivity index (χ0n) is 9.34. The highest BCUT2D eigenvalue weighted by Gasteiger charge is 2.16. The van der Waals surface area contributed by atoms with Crippen molar-refractivity contribution in [1.29, 1.82) is 0 Å². The minimum atomic E-state index is -1.03. The van der Waals surface area contributed by atoms with Crippen LogP contribution in [0, 0.1) is 0 Å². The van der Waals surface area contributed by atoms with Crippen LogP contribution in [0.1, 0.15) is 17.3 Å². The number of rotatable bonds is 4. The van der Waals surface area contributed by atoms with Crippen LogP contribution in [0.2, 0.25) is 0 Å². The Hall–Kier alpha value is -1.75. The maximum Gasteiger partial charge on any atom is 0.337 e. The van der Waals surface area contributed by atoms with Gasteiger partial charge < -0.3 is 20.8 Å². The van der Waals surface area contributed by atoms with E-state index in [1.165, 1.54) is 6.07 Å². The molecule has 1 aromatic rings. The normalized spacial score (nSPS) is 12.2. The largest absolute Gasteiger partial charge is 0.478 e. The van der Waals surface area contributed by atoms with Gasteiger partial charge in [-0.1, -0.05) is 6.07 Å². The Morgan fingerprint density at radius 2 is 2.19 bits per heavy atom. The number of anilines is 2. The fourth-order valence-electron chi connectivity index (χ4n) is 1.65. The van der Waals surface area contributed by atoms with Gasteiger partial charge in [-0.15, -0.1) is 0 Å². The number of likely N-dealkylation sites (N-methyl/N-ethyl adjacent to an activating group) is 1. The lowest BCUT2D eigenvalue weighted by Crippen LogP contribution is -2.29. The smallest absolute Gasteiger partial charge is 0.337 e. The van der Waals surface area contributed by atoms with Crippen molar-refractivity contribution in [2.45, 2.75) is 13.0 Å². The van der Waals surface area contributed by atoms with E-state index in [4.69, 9.17) is 10.8 Å². The number of aliphatic hydroxyl groups excluding tert-OH is 1. The molecule has 0 saturated heterocycles. The second-order valence-corrected chi connectivity index (χ2v) is 3.78. The van der Waals surface area contributed by atoms with Crippen LogP contribution in [-0.2, 0) is 0 Å². The van der Waals surface area contributed by atoms with Crippen molar-refractivity contribution in [3.63, 3.8) is 0 Å². The van der Waals surface area contributed by atoms with Crippen LogP contribution >= 0.6 is 0 Å². The lowest BCUT2D eigenvalue weighted by atomic mass is 10.1. The SMILES string of the molecule is CC(O)CN(C)c1c(N)cccc1C(=O)O. The van der Waals surface area contributed by atoms with Gasteiger partial charge in [0.05, 0.1) is 23.0 Å². The number of para-hydroxylation sites is 1. The quantitative estimate of drug-likeness (QED) is 0.658. The van der Waals surface area contributed by atoms with Gasteiger partial charge in [0.15, 0.2) is 0 Å². The number of carboxylic acids is 1. The summed E-state index contributed by atoms with van der Waals surface area (Å²) in [5.74, 6) is -1.03. The van der Waals surface area contributed by atoms with Crippen molar-refractivity contribution in [1.82, 2.24) is 0 Å². The second-order valence-electron chi connectivity index (χ2n) is 3.78. The van der Waals surface area contributed by atoms with Crippen molar-refractivity contribution in [3.8, 4) is 0 Å². The molecule has 1 unspecified atom stereocenters. The summed E-state index contributed by atoms with van der Waals surface area (Å²) in [6, 6.07) is 4.73. The summed E-state index contributed by atoms with van der Waals surface area (Å²) >= 11 is 0. The predicted molar refractivity (Wildman–Crippen MR) is 62.8 cm³/mol. The fourth-order valence-corrected chi connectivity index (χ4v) is 1.65. The van der Waals surface area contributed by atoms with E-state index < -0.39 is 12.1 Å². The third-order valence-electron chi connectivity index (χ3n) is 2.22. The Bertz CT molecular complexity index is 391. The summed E-state index contributed by atoms with van der Waals surface area (Å²) in [5.41, 5.74) is 6.72. The van der Waals surface area contributed by atoms with E-state index in [1.54, 1.807) is 31.0 Å². The lowest BCUT2D eigenvalue weighted by Gasteiger charge is -2.24. The highest BCUT2D eigenvalue weighted by atomic mass is 16.4. The van der Waals surface area contributed by atoms with Gasteiger partial charge in [0.2, 0.25) is 0 Å². The second kappa shape index (κ2) is 4.85. The van der Waals surface area contributed by atoms with Gasteiger partial charge in [0.25, 0.3) is 0 Å². The summed E-state index contributed by atoms with van der Waals surface area (Å²) in [4.78, 5) is 12.7. The minimum Gasteiger partial charge on any atom is -0.478 e. The molecule has 0 bridgehead atoms. The number of aromatic carboxylic acids is 1. The fraction of sp³-hybridized carbons (Fsp3) is 0.364. The zero-order chi connectivity index (χ0) is 12.3. The molecule has 1 atom stereocenters. The summed E-state index contributed by atoms with van der Waals surface area (Å²) < 4.78 is 0. The molecule has 5 heteroatoms. The number of benzene rings is 1. The first-order chi connectivity index (χ1) is 7.43. The number of hydrogen-bond donors (Lipinski definition) is 3. The minimum absolute atomic E-state index is 0.142. The number of aliphatic hydroxyl groups is 1. The van der Waals surface area contributed by atoms with Gasteiger partial charge >= 0.3 is 5.97 Å². The average molecular weight is 224 g/mol. The molecule has 0 amide bonds. The number of carboxylic acid groups (broad SMARTS) is 1. The van der Waals surface area contributed by atoms with Crippen LogP contribution in [0.3, 0.4) is 0 Å². The van der Waals surface area contributed by atoms with E-state index in [1.807, 2.05) is 0 Å². The Morgan fingerprint density at radius 3 is 2.69 bits per heavy atom. The van der Waals surface area contributed by atoms with E-state index in [0.717, 1.165) is 0 Å². The van der Waals surface area contributed by atoms with E-state index in [2.05, 4.69) is 0 Å². The first-order valence-corrected chi connectivity index (χ1v) is 4.94. The van der Waals surface area contributed by atoms with E-state index in [0.29, 0.717) is 17.9 Å². The molecule has 4 N–H and O–H groups in total. The molecular formula is C11H16N2O3. The van der Waals surface area contributed by atoms with Crippen LogP contribution in [0.15, 0.2) is 18.2 Å². The summed E-state index contributed by atoms with van der Waals surface area (Å²) in [6.07, 6.45) is -0.550. The van der Waals surface area contributed by atoms with Crippen molar-refractivity contribution in [2.75, 3.05) is 24.2 Å². The Kier molecular flexibility index (Phi) is 3.73. The van der Waals surface area contributed by atoms with Gasteiger partial charge in [-0.05, 0) is 19.1 Å². The molecule has 0 aromatic heterocycles. The first-order valence-electron chi connectivity index (χ1n) is 4.94. The van der Waals surface area contributed by atoms with Crippen molar-refractivity contribution in [3.05, 3.63) is 23.8 Å². The molecular weight excluding hydrogens is 208 g/mol. The zero-order valence-corrected chi connectivity index (χ0v) is 9.34. The van der Waals surface area contributed by atoms with Gasteiger partial charge in [0, 0.05) is 13.6 Å². The van der Waals surface area contributed by atoms with Crippen LogP contribution in [0.5, 0.6) is 0 Å². The topological polar surface area (TPSA) is 86.8 Å². The summed E-state index contributed by atoms with van der Waals surface area (Å²) in [5, 5.41) is 18.3. The Labute approximate surface area is 94.1 Å². The van der Waals surface area contributed by atoms with E-state index in [-0.39, 0.29) is 5.56 Å². The van der Waals surface area contributed by atoms with Crippen molar-refractivity contribution >= 4 is 17.3 Å². The first kappa shape index (κ1) is 12.3. The third kappa shape index (κ3) is 2.64. The maximum absolute atomic E-state index is 11.0. The molecule has 5 nitrogen and oxygen atoms in total. The highest BCUT2D eigenvalue weighted by Crippen LogP contribution is 2.27. The third-order valence-corrected chi connectivity index (χ3v) is 2.22. The molecule has 0 fully saturated rings. The molecule has 88 valence electrons. The molecule has 1 aromatic carbocycles. The molecule has 0 saturated carbocycles.